The number of thioether (sulfide) groups is 1. The highest BCUT2D eigenvalue weighted by Gasteiger charge is 2.23. The van der Waals surface area contributed by atoms with Crippen molar-refractivity contribution in [3.63, 3.8) is 0 Å². The number of amides is 1. The van der Waals surface area contributed by atoms with E-state index >= 15 is 0 Å². The van der Waals surface area contributed by atoms with Gasteiger partial charge in [-0.3, -0.25) is 19.2 Å². The number of carbonyl (C=O) groups excluding carboxylic acids is 1. The summed E-state index contributed by atoms with van der Waals surface area (Å²) in [6, 6.07) is 18.7. The van der Waals surface area contributed by atoms with E-state index in [1.165, 1.54) is 16.7 Å². The van der Waals surface area contributed by atoms with Crippen LogP contribution in [0.15, 0.2) is 59.8 Å². The number of rotatable bonds is 8. The van der Waals surface area contributed by atoms with Gasteiger partial charge in [-0.25, -0.2) is 0 Å². The minimum atomic E-state index is -0.175. The van der Waals surface area contributed by atoms with Crippen LogP contribution < -0.4 is 4.90 Å². The van der Waals surface area contributed by atoms with Crippen molar-refractivity contribution in [3.05, 3.63) is 65.4 Å². The van der Waals surface area contributed by atoms with Crippen LogP contribution in [0.1, 0.15) is 18.8 Å². The Morgan fingerprint density at radius 2 is 1.84 bits per heavy atom. The smallest absolute Gasteiger partial charge is 0.238 e. The lowest BCUT2D eigenvalue weighted by Gasteiger charge is -2.21. The van der Waals surface area contributed by atoms with Gasteiger partial charge in [-0.05, 0) is 57.4 Å². The topological polar surface area (TPSA) is 78.0 Å². The number of benzene rings is 2. The lowest BCUT2D eigenvalue weighted by molar-refractivity contribution is -0.116. The van der Waals surface area contributed by atoms with E-state index in [1.54, 1.807) is 0 Å². The number of anilines is 1. The predicted molar refractivity (Wildman–Crippen MR) is 124 cm³/mol. The second-order valence-corrected chi connectivity index (χ2v) is 8.43. The molecular weight excluding hydrogens is 432 g/mol. The molecule has 7 nitrogen and oxygen atoms in total. The summed E-state index contributed by atoms with van der Waals surface area (Å²) in [6.45, 7) is 2.02. The quantitative estimate of drug-likeness (QED) is 0.375. The third-order valence-corrected chi connectivity index (χ3v) is 5.98. The van der Waals surface area contributed by atoms with Crippen LogP contribution in [0.4, 0.5) is 5.69 Å². The molecule has 0 aliphatic rings. The third-order valence-electron chi connectivity index (χ3n) is 4.81. The number of hydrogen-bond acceptors (Lipinski definition) is 6. The summed E-state index contributed by atoms with van der Waals surface area (Å²) in [5, 5.41) is 19.2. The van der Waals surface area contributed by atoms with Crippen molar-refractivity contribution in [2.75, 3.05) is 31.3 Å². The van der Waals surface area contributed by atoms with Gasteiger partial charge >= 0.3 is 0 Å². The van der Waals surface area contributed by atoms with Crippen molar-refractivity contribution in [1.82, 2.24) is 19.7 Å². The summed E-state index contributed by atoms with van der Waals surface area (Å²) >= 11 is 7.35. The van der Waals surface area contributed by atoms with Gasteiger partial charge in [0, 0.05) is 16.4 Å². The summed E-state index contributed by atoms with van der Waals surface area (Å²) in [5.74, 6) is 0.711. The predicted octanol–water partition coefficient (Wildman–Crippen LogP) is 4.19. The monoisotopic (exact) mass is 454 g/mol. The van der Waals surface area contributed by atoms with Crippen LogP contribution in [0, 0.1) is 11.3 Å². The van der Waals surface area contributed by atoms with Crippen molar-refractivity contribution in [2.45, 2.75) is 18.1 Å². The highest BCUT2D eigenvalue weighted by atomic mass is 35.5. The number of hydrogen-bond donors (Lipinski definition) is 0. The van der Waals surface area contributed by atoms with Gasteiger partial charge in [0.05, 0.1) is 17.9 Å². The Morgan fingerprint density at radius 3 is 2.45 bits per heavy atom. The van der Waals surface area contributed by atoms with Crippen molar-refractivity contribution >= 4 is 35.0 Å². The molecule has 0 aliphatic heterocycles. The molecule has 0 saturated heterocycles. The fourth-order valence-electron chi connectivity index (χ4n) is 2.92. The van der Waals surface area contributed by atoms with Crippen molar-refractivity contribution < 1.29 is 4.79 Å². The van der Waals surface area contributed by atoms with Crippen LogP contribution in [-0.4, -0.2) is 52.0 Å². The van der Waals surface area contributed by atoms with Gasteiger partial charge in [0.25, 0.3) is 0 Å². The molecule has 1 amide bonds. The Labute approximate surface area is 191 Å². The molecule has 31 heavy (non-hydrogen) atoms. The molecule has 9 heteroatoms. The van der Waals surface area contributed by atoms with E-state index in [0.29, 0.717) is 15.9 Å². The zero-order valence-electron chi connectivity index (χ0n) is 17.6. The van der Waals surface area contributed by atoms with Crippen LogP contribution in [0.25, 0.3) is 5.69 Å². The van der Waals surface area contributed by atoms with Gasteiger partial charge < -0.3 is 0 Å². The van der Waals surface area contributed by atoms with Gasteiger partial charge in [-0.1, -0.05) is 41.6 Å². The molecule has 3 aromatic rings. The van der Waals surface area contributed by atoms with Crippen LogP contribution in [0.5, 0.6) is 0 Å². The maximum Gasteiger partial charge on any atom is 0.238 e. The van der Waals surface area contributed by atoms with E-state index in [4.69, 9.17) is 11.6 Å². The van der Waals surface area contributed by atoms with E-state index < -0.39 is 0 Å². The molecule has 0 fully saturated rings. The van der Waals surface area contributed by atoms with E-state index in [1.807, 2.05) is 85.1 Å². The van der Waals surface area contributed by atoms with Crippen LogP contribution in [-0.2, 0) is 4.79 Å². The van der Waals surface area contributed by atoms with Gasteiger partial charge in [0.1, 0.15) is 6.54 Å². The van der Waals surface area contributed by atoms with Crippen LogP contribution in [0.2, 0.25) is 5.02 Å². The highest BCUT2D eigenvalue weighted by Crippen LogP contribution is 2.28. The normalized spacial score (nSPS) is 11.9. The summed E-state index contributed by atoms with van der Waals surface area (Å²) in [4.78, 5) is 16.4. The molecule has 0 N–H and O–H groups in total. The van der Waals surface area contributed by atoms with Gasteiger partial charge in [-0.2, -0.15) is 5.26 Å². The minimum absolute atomic E-state index is 0.00707. The zero-order valence-corrected chi connectivity index (χ0v) is 19.1. The highest BCUT2D eigenvalue weighted by molar-refractivity contribution is 7.99. The second kappa shape index (κ2) is 10.4. The largest absolute Gasteiger partial charge is 0.300 e. The Bertz CT molecular complexity index is 1060. The fourth-order valence-corrected chi connectivity index (χ4v) is 3.88. The molecule has 1 aromatic heterocycles. The molecule has 1 atom stereocenters. The summed E-state index contributed by atoms with van der Waals surface area (Å²) in [6.07, 6.45) is 0. The third kappa shape index (κ3) is 5.44. The van der Waals surface area contributed by atoms with Crippen LogP contribution in [0.3, 0.4) is 0 Å². The number of carbonyl (C=O) groups is 1. The summed E-state index contributed by atoms with van der Waals surface area (Å²) < 4.78 is 1.94. The molecule has 160 valence electrons. The number of halogens is 1. The number of nitrogens with zero attached hydrogens (tertiary/aromatic N) is 6. The first-order valence-corrected chi connectivity index (χ1v) is 11.0. The van der Waals surface area contributed by atoms with Crippen molar-refractivity contribution in [3.8, 4) is 11.8 Å². The van der Waals surface area contributed by atoms with E-state index in [-0.39, 0.29) is 24.2 Å². The lowest BCUT2D eigenvalue weighted by Crippen LogP contribution is -2.32. The first kappa shape index (κ1) is 22.8. The molecule has 0 spiro atoms. The molecule has 0 radical (unpaired) electrons. The van der Waals surface area contributed by atoms with Gasteiger partial charge in [0.2, 0.25) is 5.91 Å². The summed E-state index contributed by atoms with van der Waals surface area (Å²) in [5.41, 5.74) is 1.56. The van der Waals surface area contributed by atoms with Gasteiger partial charge in [0.15, 0.2) is 11.0 Å². The molecule has 1 heterocycles. The number of para-hydroxylation sites is 1. The van der Waals surface area contributed by atoms with E-state index in [2.05, 4.69) is 16.3 Å². The maximum atomic E-state index is 12.9. The molecule has 0 bridgehead atoms. The summed E-state index contributed by atoms with van der Waals surface area (Å²) in [7, 11) is 3.95. The molecule has 0 aliphatic carbocycles. The number of aromatic nitrogens is 3. The van der Waals surface area contributed by atoms with Gasteiger partial charge in [-0.15, -0.1) is 10.2 Å². The Hall–Kier alpha value is -2.86. The Morgan fingerprint density at radius 1 is 1.16 bits per heavy atom. The fraction of sp³-hybridized carbons (Fsp3) is 0.273. The molecule has 0 unspecified atom stereocenters. The first-order valence-electron chi connectivity index (χ1n) is 9.65. The molecule has 3 rings (SSSR count). The Kier molecular flexibility index (Phi) is 7.69. The molecule has 2 aromatic carbocycles. The number of nitriles is 1. The standard InChI is InChI=1S/C22H23ClN6OS/c1-16(27(2)3)21-25-26-22(29(21)19-11-9-17(23)10-12-19)31-15-20(30)28(14-13-24)18-7-5-4-6-8-18/h4-12,16H,14-15H2,1-3H3/t16-/m1/s1. The molecule has 0 saturated carbocycles. The second-order valence-electron chi connectivity index (χ2n) is 7.05. The van der Waals surface area contributed by atoms with E-state index in [9.17, 15) is 10.1 Å². The SMILES string of the molecule is C[C@H](c1nnc(SCC(=O)N(CC#N)c2ccccc2)n1-c1ccc(Cl)cc1)N(C)C. The molecular formula is C22H23ClN6OS. The average molecular weight is 455 g/mol. The lowest BCUT2D eigenvalue weighted by atomic mass is 10.2. The average Bonchev–Trinajstić information content (AvgIpc) is 3.20. The van der Waals surface area contributed by atoms with Crippen LogP contribution >= 0.6 is 23.4 Å². The zero-order chi connectivity index (χ0) is 22.4. The van der Waals surface area contributed by atoms with Crippen molar-refractivity contribution in [1.29, 1.82) is 5.26 Å². The Balaban J connectivity index is 1.88. The van der Waals surface area contributed by atoms with E-state index in [0.717, 1.165) is 11.5 Å². The minimum Gasteiger partial charge on any atom is -0.300 e. The first-order chi connectivity index (χ1) is 14.9. The van der Waals surface area contributed by atoms with Crippen molar-refractivity contribution in [2.24, 2.45) is 0 Å². The maximum absolute atomic E-state index is 12.9.